The number of hydrogen-bond acceptors (Lipinski definition) is 4. The second-order valence-electron chi connectivity index (χ2n) is 2.99. The lowest BCUT2D eigenvalue weighted by Crippen LogP contribution is -2.82. The summed E-state index contributed by atoms with van der Waals surface area (Å²) in [5.74, 6) is -0.0692. The van der Waals surface area contributed by atoms with E-state index in [1.165, 1.54) is 24.4 Å². The molecule has 17 heavy (non-hydrogen) atoms. The van der Waals surface area contributed by atoms with Crippen LogP contribution in [0.1, 0.15) is 5.56 Å². The van der Waals surface area contributed by atoms with E-state index >= 15 is 0 Å². The molecule has 0 amide bonds. The van der Waals surface area contributed by atoms with Crippen LogP contribution in [-0.4, -0.2) is 28.4 Å². The van der Waals surface area contributed by atoms with Crippen molar-refractivity contribution in [3.05, 3.63) is 33.9 Å². The molecule has 1 rings (SSSR count). The molecular formula is C9H11N4O3S+. The molecule has 0 aromatic heterocycles. The van der Waals surface area contributed by atoms with Gasteiger partial charge in [0.1, 0.15) is 5.75 Å². The lowest BCUT2D eigenvalue weighted by atomic mass is 10.2. The monoisotopic (exact) mass is 255 g/mol. The minimum Gasteiger partial charge on any atom is -0.507 e. The predicted molar refractivity (Wildman–Crippen MR) is 65.7 cm³/mol. The van der Waals surface area contributed by atoms with Gasteiger partial charge in [-0.05, 0) is 18.3 Å². The normalized spacial score (nSPS) is 10.2. The van der Waals surface area contributed by atoms with Gasteiger partial charge >= 0.3 is 0 Å². The summed E-state index contributed by atoms with van der Waals surface area (Å²) in [5.41, 5.74) is 2.77. The van der Waals surface area contributed by atoms with Gasteiger partial charge < -0.3 is 10.4 Å². The standard InChI is InChI=1S/C9H10N4O3S/c1-10-9(17)12-11-5-6-4-7(13(15)16)2-3-8(6)14/h2-5,14H,1H3,(H2,10,12,17)/p+1/b11-5+. The van der Waals surface area contributed by atoms with E-state index in [9.17, 15) is 15.2 Å². The lowest BCUT2D eigenvalue weighted by molar-refractivity contribution is -0.500. The number of hydrazone groups is 1. The van der Waals surface area contributed by atoms with Gasteiger partial charge in [0.2, 0.25) is 11.3 Å². The molecule has 7 nitrogen and oxygen atoms in total. The molecule has 0 heterocycles. The highest BCUT2D eigenvalue weighted by atomic mass is 32.1. The third-order valence-electron chi connectivity index (χ3n) is 1.86. The average molecular weight is 255 g/mol. The third-order valence-corrected chi connectivity index (χ3v) is 2.17. The molecule has 1 aromatic rings. The molecule has 0 aliphatic rings. The van der Waals surface area contributed by atoms with Gasteiger partial charge in [0, 0.05) is 19.2 Å². The maximum Gasteiger partial charge on any atom is 0.270 e. The maximum atomic E-state index is 10.5. The Hall–Kier alpha value is -2.22. The van der Waals surface area contributed by atoms with E-state index in [0.29, 0.717) is 5.11 Å². The molecule has 0 bridgehead atoms. The van der Waals surface area contributed by atoms with Gasteiger partial charge in [0.15, 0.2) is 0 Å². The zero-order valence-electron chi connectivity index (χ0n) is 8.93. The number of rotatable bonds is 3. The highest BCUT2D eigenvalue weighted by molar-refractivity contribution is 7.80. The molecule has 0 spiro atoms. The first kappa shape index (κ1) is 12.8. The van der Waals surface area contributed by atoms with Gasteiger partial charge in [-0.3, -0.25) is 10.1 Å². The van der Waals surface area contributed by atoms with Gasteiger partial charge in [0.25, 0.3) is 5.69 Å². The third kappa shape index (κ3) is 3.68. The minimum absolute atomic E-state index is 0.0692. The molecule has 0 saturated heterocycles. The van der Waals surface area contributed by atoms with Crippen molar-refractivity contribution in [1.82, 2.24) is 10.7 Å². The van der Waals surface area contributed by atoms with Crippen molar-refractivity contribution in [2.24, 2.45) is 0 Å². The average Bonchev–Trinajstić information content (AvgIpc) is 2.30. The van der Waals surface area contributed by atoms with Crippen molar-refractivity contribution < 1.29 is 15.1 Å². The van der Waals surface area contributed by atoms with Crippen LogP contribution in [0.25, 0.3) is 0 Å². The summed E-state index contributed by atoms with van der Waals surface area (Å²) in [6.07, 6.45) is 1.37. The van der Waals surface area contributed by atoms with E-state index in [0.717, 1.165) is 0 Å². The van der Waals surface area contributed by atoms with Crippen LogP contribution in [0.5, 0.6) is 5.75 Å². The number of phenols is 1. The van der Waals surface area contributed by atoms with Gasteiger partial charge in [-0.2, -0.15) is 0 Å². The Labute approximate surface area is 102 Å². The summed E-state index contributed by atoms with van der Waals surface area (Å²) in [4.78, 5) is 10.00. The number of benzene rings is 1. The molecule has 8 heteroatoms. The number of aromatic hydroxyl groups is 1. The lowest BCUT2D eigenvalue weighted by Gasteiger charge is -1.97. The minimum atomic E-state index is -0.539. The molecule has 0 fully saturated rings. The summed E-state index contributed by atoms with van der Waals surface area (Å²) in [7, 11) is 1.64. The summed E-state index contributed by atoms with van der Waals surface area (Å²) < 4.78 is 0. The molecule has 0 saturated carbocycles. The summed E-state index contributed by atoms with van der Waals surface area (Å²) >= 11 is 4.80. The largest absolute Gasteiger partial charge is 0.507 e. The fraction of sp³-hybridized carbons (Fsp3) is 0.111. The predicted octanol–water partition coefficient (Wildman–Crippen LogP) is -1.19. The first-order valence-electron chi connectivity index (χ1n) is 4.58. The van der Waals surface area contributed by atoms with Gasteiger partial charge in [-0.15, -0.1) is 10.5 Å². The number of nitro groups is 1. The Kier molecular flexibility index (Phi) is 4.35. The molecule has 0 aliphatic carbocycles. The number of hydrogen-bond donors (Lipinski definition) is 4. The number of hydrazine groups is 1. The highest BCUT2D eigenvalue weighted by Crippen LogP contribution is 2.20. The molecule has 0 unspecified atom stereocenters. The molecule has 0 atom stereocenters. The van der Waals surface area contributed by atoms with Crippen LogP contribution in [0.15, 0.2) is 18.2 Å². The SMILES string of the molecule is CNC(=S)N/[NH+]=C/c1cc([N+](=O)[O-])ccc1O. The first-order chi connectivity index (χ1) is 8.04. The second-order valence-corrected chi connectivity index (χ2v) is 3.40. The highest BCUT2D eigenvalue weighted by Gasteiger charge is 2.10. The number of nitrogens with zero attached hydrogens (tertiary/aromatic N) is 1. The molecule has 90 valence electrons. The Bertz CT molecular complexity index is 475. The van der Waals surface area contributed by atoms with E-state index in [2.05, 4.69) is 15.8 Å². The van der Waals surface area contributed by atoms with E-state index in [1.807, 2.05) is 0 Å². The van der Waals surface area contributed by atoms with E-state index in [1.54, 1.807) is 7.05 Å². The molecular weight excluding hydrogens is 244 g/mol. The second kappa shape index (κ2) is 5.75. The molecule has 4 N–H and O–H groups in total. The van der Waals surface area contributed by atoms with Gasteiger partial charge in [-0.25, -0.2) is 0 Å². The fourth-order valence-electron chi connectivity index (χ4n) is 1.01. The van der Waals surface area contributed by atoms with Crippen LogP contribution in [0.3, 0.4) is 0 Å². The van der Waals surface area contributed by atoms with Crippen LogP contribution >= 0.6 is 12.2 Å². The van der Waals surface area contributed by atoms with Crippen LogP contribution in [0.4, 0.5) is 5.69 Å². The van der Waals surface area contributed by atoms with Crippen molar-refractivity contribution in [1.29, 1.82) is 0 Å². The number of nitro benzene ring substituents is 1. The summed E-state index contributed by atoms with van der Waals surface area (Å²) in [6.45, 7) is 0. The van der Waals surface area contributed by atoms with Crippen molar-refractivity contribution in [2.75, 3.05) is 7.05 Å². The van der Waals surface area contributed by atoms with E-state index in [-0.39, 0.29) is 17.0 Å². The van der Waals surface area contributed by atoms with Crippen molar-refractivity contribution in [2.45, 2.75) is 0 Å². The number of phenolic OH excluding ortho intramolecular Hbond substituents is 1. The maximum absolute atomic E-state index is 10.5. The first-order valence-corrected chi connectivity index (χ1v) is 4.99. The summed E-state index contributed by atoms with van der Waals surface area (Å²) in [5, 5.41) is 25.6. The van der Waals surface area contributed by atoms with E-state index < -0.39 is 4.92 Å². The van der Waals surface area contributed by atoms with E-state index in [4.69, 9.17) is 12.2 Å². The Morgan fingerprint density at radius 1 is 1.65 bits per heavy atom. The van der Waals surface area contributed by atoms with Crippen LogP contribution < -0.4 is 15.8 Å². The number of nitrogens with one attached hydrogen (secondary N) is 3. The zero-order valence-corrected chi connectivity index (χ0v) is 9.75. The van der Waals surface area contributed by atoms with Crippen molar-refractivity contribution in [3.63, 3.8) is 0 Å². The smallest absolute Gasteiger partial charge is 0.270 e. The Balaban J connectivity index is 2.86. The summed E-state index contributed by atoms with van der Waals surface area (Å²) in [6, 6.07) is 3.72. The topological polar surface area (TPSA) is 101 Å². The van der Waals surface area contributed by atoms with Gasteiger partial charge in [0.05, 0.1) is 10.5 Å². The molecule has 0 aliphatic heterocycles. The Morgan fingerprint density at radius 2 is 2.35 bits per heavy atom. The number of thiocarbonyl (C=S) groups is 1. The van der Waals surface area contributed by atoms with Crippen molar-refractivity contribution in [3.8, 4) is 5.75 Å². The molecule has 1 aromatic carbocycles. The van der Waals surface area contributed by atoms with Gasteiger partial charge in [-0.1, -0.05) is 0 Å². The molecule has 0 radical (unpaired) electrons. The van der Waals surface area contributed by atoms with Crippen LogP contribution in [-0.2, 0) is 0 Å². The quantitative estimate of drug-likeness (QED) is 0.234. The van der Waals surface area contributed by atoms with Crippen molar-refractivity contribution >= 4 is 29.2 Å². The van der Waals surface area contributed by atoms with Crippen LogP contribution in [0.2, 0.25) is 0 Å². The number of non-ortho nitro benzene ring substituents is 1. The Morgan fingerprint density at radius 3 is 2.94 bits per heavy atom. The zero-order chi connectivity index (χ0) is 12.8. The fourth-order valence-corrected chi connectivity index (χ4v) is 1.07. The van der Waals surface area contributed by atoms with Crippen LogP contribution in [0, 0.1) is 10.1 Å².